The lowest BCUT2D eigenvalue weighted by molar-refractivity contribution is 0.590. The highest BCUT2D eigenvalue weighted by molar-refractivity contribution is 9.10. The lowest BCUT2D eigenvalue weighted by atomic mass is 9.85. The Labute approximate surface area is 398 Å². The normalized spacial score (nSPS) is 11.7. The van der Waals surface area contributed by atoms with E-state index in [1.54, 1.807) is 18.2 Å². The molecular formula is C60H43BrN6. The van der Waals surface area contributed by atoms with E-state index in [1.165, 1.54) is 0 Å². The first-order valence-corrected chi connectivity index (χ1v) is 23.0. The Bertz CT molecular complexity index is 3700. The lowest BCUT2D eigenvalue weighted by Crippen LogP contribution is -2.12. The Morgan fingerprint density at radius 2 is 0.776 bits per heavy atom. The number of hydrogen-bond acceptors (Lipinski definition) is 4. The zero-order chi connectivity index (χ0) is 46.9. The maximum absolute atomic E-state index is 11.8. The van der Waals surface area contributed by atoms with E-state index in [0.29, 0.717) is 32.5 Å². The second-order valence-corrected chi connectivity index (χ2v) is 20.0. The fraction of sp³-hybridized carbons (Fsp3) is 0.133. The first kappa shape index (κ1) is 42.7. The monoisotopic (exact) mass is 926 g/mol. The molecule has 8 aromatic carbocycles. The fourth-order valence-electron chi connectivity index (χ4n) is 9.63. The number of halogens is 1. The highest BCUT2D eigenvalue weighted by Crippen LogP contribution is 2.47. The SMILES string of the molecule is CC(C)(C)c1ccc2c(c1)c1cc(C(C)(C)C)ccc1n2-c1c(C#N)c(-c2ccc(C#N)c(Br)c2)c(C#N)c(-n2c3ccc(-c4ccccc4)cc3c3cc(-c4ccccc4)ccc32)c1C#N. The summed E-state index contributed by atoms with van der Waals surface area (Å²) >= 11 is 3.62. The highest BCUT2D eigenvalue weighted by atomic mass is 79.9. The third kappa shape index (κ3) is 6.96. The van der Waals surface area contributed by atoms with E-state index in [2.05, 4.69) is 183 Å². The molecule has 2 aromatic heterocycles. The van der Waals surface area contributed by atoms with Gasteiger partial charge in [-0.05, 0) is 126 Å². The van der Waals surface area contributed by atoms with Gasteiger partial charge in [-0.2, -0.15) is 21.0 Å². The van der Waals surface area contributed by atoms with Crippen LogP contribution >= 0.6 is 15.9 Å². The second-order valence-electron chi connectivity index (χ2n) is 19.2. The summed E-state index contributed by atoms with van der Waals surface area (Å²) in [6.07, 6.45) is 0. The van der Waals surface area contributed by atoms with E-state index < -0.39 is 0 Å². The van der Waals surface area contributed by atoms with Gasteiger partial charge in [0.1, 0.15) is 29.8 Å². The summed E-state index contributed by atoms with van der Waals surface area (Å²) < 4.78 is 4.62. The van der Waals surface area contributed by atoms with Crippen molar-refractivity contribution >= 4 is 59.5 Å². The minimum absolute atomic E-state index is 0.158. The molecule has 0 amide bonds. The maximum Gasteiger partial charge on any atom is 0.104 e. The summed E-state index contributed by atoms with van der Waals surface area (Å²) in [5.41, 5.74) is 12.0. The van der Waals surface area contributed by atoms with E-state index in [0.717, 1.165) is 77.0 Å². The minimum atomic E-state index is -0.158. The van der Waals surface area contributed by atoms with Gasteiger partial charge in [0.05, 0.1) is 50.1 Å². The molecule has 0 bridgehead atoms. The fourth-order valence-corrected chi connectivity index (χ4v) is 10.1. The molecule has 0 atom stereocenters. The summed E-state index contributed by atoms with van der Waals surface area (Å²) in [6.45, 7) is 13.2. The van der Waals surface area contributed by atoms with Gasteiger partial charge in [-0.1, -0.05) is 133 Å². The number of nitriles is 4. The third-order valence-corrected chi connectivity index (χ3v) is 13.7. The zero-order valence-electron chi connectivity index (χ0n) is 38.0. The molecule has 320 valence electrons. The summed E-state index contributed by atoms with van der Waals surface area (Å²) in [6, 6.07) is 61.3. The molecule has 0 aliphatic heterocycles. The van der Waals surface area contributed by atoms with Gasteiger partial charge in [0.25, 0.3) is 0 Å². The van der Waals surface area contributed by atoms with Crippen molar-refractivity contribution in [2.75, 3.05) is 0 Å². The summed E-state index contributed by atoms with van der Waals surface area (Å²) in [5.74, 6) is 0. The molecule has 0 aliphatic rings. The number of benzene rings is 8. The van der Waals surface area contributed by atoms with E-state index >= 15 is 0 Å². The molecule has 10 rings (SSSR count). The Kier molecular flexibility index (Phi) is 10.2. The van der Waals surface area contributed by atoms with Crippen LogP contribution in [0.2, 0.25) is 0 Å². The predicted molar refractivity (Wildman–Crippen MR) is 275 cm³/mol. The number of fused-ring (bicyclic) bond motifs is 6. The predicted octanol–water partition coefficient (Wildman–Crippen LogP) is 15.7. The third-order valence-electron chi connectivity index (χ3n) is 13.1. The Morgan fingerprint density at radius 1 is 0.388 bits per heavy atom. The quantitative estimate of drug-likeness (QED) is 0.171. The van der Waals surface area contributed by atoms with Gasteiger partial charge in [-0.3, -0.25) is 0 Å². The molecule has 0 saturated heterocycles. The summed E-state index contributed by atoms with van der Waals surface area (Å²) in [4.78, 5) is 0. The average molecular weight is 928 g/mol. The molecule has 0 N–H and O–H groups in total. The standard InChI is InChI=1S/C60H43BrN6/c1-59(2,3)42-21-25-54-46(30-42)47-31-43(60(4,5)6)22-26-55(47)67(54)58-49(34-64)56(40-17-18-41(32-62)51(61)29-40)48(33-63)57(50(58)35-65)66-52-23-19-38(36-13-9-7-10-14-36)27-44(52)45-28-39(20-24-53(45)66)37-15-11-8-12-16-37/h7-31H,1-6H3. The second kappa shape index (κ2) is 16.0. The van der Waals surface area contributed by atoms with E-state index in [-0.39, 0.29) is 27.5 Å². The van der Waals surface area contributed by atoms with Crippen molar-refractivity contribution in [2.45, 2.75) is 52.4 Å². The van der Waals surface area contributed by atoms with Crippen LogP contribution in [0.25, 0.3) is 88.4 Å². The topological polar surface area (TPSA) is 105 Å². The number of aromatic nitrogens is 2. The van der Waals surface area contributed by atoms with Gasteiger partial charge in [0.15, 0.2) is 0 Å². The smallest absolute Gasteiger partial charge is 0.104 e. The van der Waals surface area contributed by atoms with Crippen molar-refractivity contribution in [3.63, 3.8) is 0 Å². The van der Waals surface area contributed by atoms with Crippen molar-refractivity contribution in [1.82, 2.24) is 9.13 Å². The first-order valence-electron chi connectivity index (χ1n) is 22.2. The van der Waals surface area contributed by atoms with Crippen LogP contribution in [0.4, 0.5) is 0 Å². The maximum atomic E-state index is 11.8. The van der Waals surface area contributed by atoms with Crippen molar-refractivity contribution in [3.05, 3.63) is 190 Å². The lowest BCUT2D eigenvalue weighted by Gasteiger charge is -2.23. The molecule has 10 aromatic rings. The van der Waals surface area contributed by atoms with Crippen molar-refractivity contribution < 1.29 is 0 Å². The number of nitrogens with zero attached hydrogens (tertiary/aromatic N) is 6. The van der Waals surface area contributed by atoms with Crippen LogP contribution in [0, 0.1) is 45.3 Å². The van der Waals surface area contributed by atoms with Crippen LogP contribution in [-0.2, 0) is 10.8 Å². The van der Waals surface area contributed by atoms with Gasteiger partial charge in [-0.15, -0.1) is 0 Å². The Hall–Kier alpha value is -8.20. The van der Waals surface area contributed by atoms with Crippen LogP contribution in [0.5, 0.6) is 0 Å². The Morgan fingerprint density at radius 3 is 1.15 bits per heavy atom. The molecule has 0 saturated carbocycles. The molecule has 0 radical (unpaired) electrons. The molecule has 0 aliphatic carbocycles. The van der Waals surface area contributed by atoms with Crippen LogP contribution in [-0.4, -0.2) is 9.13 Å². The average Bonchev–Trinajstić information content (AvgIpc) is 3.83. The molecule has 2 heterocycles. The van der Waals surface area contributed by atoms with Gasteiger partial charge in [0, 0.05) is 31.6 Å². The van der Waals surface area contributed by atoms with Gasteiger partial charge in [0.2, 0.25) is 0 Å². The molecule has 0 unspecified atom stereocenters. The van der Waals surface area contributed by atoms with Crippen LogP contribution < -0.4 is 0 Å². The number of hydrogen-bond donors (Lipinski definition) is 0. The van der Waals surface area contributed by atoms with Crippen molar-refractivity contribution in [1.29, 1.82) is 21.0 Å². The molecule has 67 heavy (non-hydrogen) atoms. The summed E-state index contributed by atoms with van der Waals surface area (Å²) in [5, 5.41) is 48.9. The van der Waals surface area contributed by atoms with Gasteiger partial charge in [-0.25, -0.2) is 0 Å². The number of rotatable bonds is 5. The van der Waals surface area contributed by atoms with Gasteiger partial charge >= 0.3 is 0 Å². The van der Waals surface area contributed by atoms with E-state index in [9.17, 15) is 21.0 Å². The van der Waals surface area contributed by atoms with Crippen LogP contribution in [0.1, 0.15) is 74.9 Å². The first-order chi connectivity index (χ1) is 32.2. The van der Waals surface area contributed by atoms with Crippen LogP contribution in [0.15, 0.2) is 156 Å². The van der Waals surface area contributed by atoms with Crippen molar-refractivity contribution in [3.8, 4) is 69.0 Å². The minimum Gasteiger partial charge on any atom is -0.307 e. The molecular weight excluding hydrogens is 885 g/mol. The molecule has 0 fully saturated rings. The summed E-state index contributed by atoms with van der Waals surface area (Å²) in [7, 11) is 0. The zero-order valence-corrected chi connectivity index (χ0v) is 39.6. The van der Waals surface area contributed by atoms with E-state index in [1.807, 2.05) is 41.0 Å². The highest BCUT2D eigenvalue weighted by Gasteiger charge is 2.32. The molecule has 0 spiro atoms. The van der Waals surface area contributed by atoms with Crippen LogP contribution in [0.3, 0.4) is 0 Å². The Balaban J connectivity index is 1.42. The van der Waals surface area contributed by atoms with E-state index in [4.69, 9.17) is 0 Å². The molecule has 6 nitrogen and oxygen atoms in total. The van der Waals surface area contributed by atoms with Crippen molar-refractivity contribution in [2.24, 2.45) is 0 Å². The largest absolute Gasteiger partial charge is 0.307 e. The van der Waals surface area contributed by atoms with Gasteiger partial charge < -0.3 is 9.13 Å². The molecule has 7 heteroatoms.